The van der Waals surface area contributed by atoms with Crippen molar-refractivity contribution < 1.29 is 14.3 Å². The first-order valence-corrected chi connectivity index (χ1v) is 10.0. The van der Waals surface area contributed by atoms with Crippen LogP contribution < -0.4 is 10.2 Å². The molecular formula is C21H25N5O3. The lowest BCUT2D eigenvalue weighted by molar-refractivity contribution is -0.117. The van der Waals surface area contributed by atoms with Gasteiger partial charge in [-0.3, -0.25) is 4.79 Å². The molecule has 1 fully saturated rings. The molecular weight excluding hydrogens is 370 g/mol. The van der Waals surface area contributed by atoms with Gasteiger partial charge < -0.3 is 15.0 Å². The fraction of sp³-hybridized carbons (Fsp3) is 0.476. The van der Waals surface area contributed by atoms with Crippen molar-refractivity contribution in [2.75, 3.05) is 16.8 Å². The van der Waals surface area contributed by atoms with Gasteiger partial charge in [0.15, 0.2) is 0 Å². The second-order valence-electron chi connectivity index (χ2n) is 7.62. The van der Waals surface area contributed by atoms with E-state index in [0.717, 1.165) is 24.1 Å². The number of rotatable bonds is 5. The van der Waals surface area contributed by atoms with Gasteiger partial charge in [-0.25, -0.2) is 19.7 Å². The molecule has 1 N–H and O–H groups in total. The van der Waals surface area contributed by atoms with Gasteiger partial charge in [0.2, 0.25) is 11.9 Å². The van der Waals surface area contributed by atoms with E-state index in [1.54, 1.807) is 44.6 Å². The quantitative estimate of drug-likeness (QED) is 0.777. The molecule has 1 aliphatic carbocycles. The normalized spacial score (nSPS) is 23.3. The van der Waals surface area contributed by atoms with Crippen molar-refractivity contribution in [3.05, 3.63) is 42.0 Å². The highest BCUT2D eigenvalue weighted by molar-refractivity contribution is 5.95. The number of anilines is 2. The summed E-state index contributed by atoms with van der Waals surface area (Å²) in [5.41, 5.74) is 1.79. The number of carbonyl (C=O) groups is 2. The number of aromatic nitrogens is 3. The van der Waals surface area contributed by atoms with Crippen molar-refractivity contribution in [2.24, 2.45) is 11.8 Å². The van der Waals surface area contributed by atoms with Crippen LogP contribution in [0.3, 0.4) is 0 Å². The third kappa shape index (κ3) is 3.66. The summed E-state index contributed by atoms with van der Waals surface area (Å²) >= 11 is 0. The zero-order valence-corrected chi connectivity index (χ0v) is 16.8. The van der Waals surface area contributed by atoms with Gasteiger partial charge in [0.25, 0.3) is 0 Å². The number of esters is 1. The van der Waals surface area contributed by atoms with E-state index in [2.05, 4.69) is 27.2 Å². The largest absolute Gasteiger partial charge is 0.461 e. The first-order valence-electron chi connectivity index (χ1n) is 10.0. The van der Waals surface area contributed by atoms with Crippen molar-refractivity contribution >= 4 is 23.5 Å². The fourth-order valence-electron chi connectivity index (χ4n) is 4.29. The first-order chi connectivity index (χ1) is 14.0. The number of hydrogen-bond acceptors (Lipinski definition) is 7. The second-order valence-corrected chi connectivity index (χ2v) is 7.62. The molecule has 8 nitrogen and oxygen atoms in total. The summed E-state index contributed by atoms with van der Waals surface area (Å²) in [4.78, 5) is 39.6. The number of ether oxygens (including phenoxy) is 1. The molecule has 3 heterocycles. The van der Waals surface area contributed by atoms with Gasteiger partial charge in [-0.05, 0) is 37.8 Å². The van der Waals surface area contributed by atoms with E-state index in [-0.39, 0.29) is 36.2 Å². The Morgan fingerprint density at radius 1 is 1.24 bits per heavy atom. The minimum atomic E-state index is -0.476. The summed E-state index contributed by atoms with van der Waals surface area (Å²) in [5, 5.41) is 3.42. The molecule has 1 aliphatic heterocycles. The Bertz CT molecular complexity index is 916. The zero-order valence-electron chi connectivity index (χ0n) is 16.8. The summed E-state index contributed by atoms with van der Waals surface area (Å²) in [6.45, 7) is 5.75. The highest BCUT2D eigenvalue weighted by Crippen LogP contribution is 2.49. The summed E-state index contributed by atoms with van der Waals surface area (Å²) in [6.07, 6.45) is 7.19. The Balaban J connectivity index is 1.81. The van der Waals surface area contributed by atoms with E-state index < -0.39 is 5.97 Å². The molecule has 0 saturated heterocycles. The maximum atomic E-state index is 12.6. The predicted molar refractivity (Wildman–Crippen MR) is 107 cm³/mol. The van der Waals surface area contributed by atoms with E-state index in [1.807, 2.05) is 4.90 Å². The van der Waals surface area contributed by atoms with Crippen LogP contribution in [-0.2, 0) is 9.53 Å². The standard InChI is InChI=1S/C21H25N5O3/c1-4-29-20(28)16-10-15-17(11-24-16)26(13(3)27)19(14-6-7-14)12(2)18(15)25-21-22-8-5-9-23-21/h5,8-12,14,18-19H,4,6-7H2,1-3H3,(H,22,23,25)/t12-,18-,19-/m1/s1. The topological polar surface area (TPSA) is 97.3 Å². The summed E-state index contributed by atoms with van der Waals surface area (Å²) < 4.78 is 5.12. The molecule has 4 rings (SSSR count). The lowest BCUT2D eigenvalue weighted by Gasteiger charge is -2.45. The average Bonchev–Trinajstić information content (AvgIpc) is 3.55. The van der Waals surface area contributed by atoms with E-state index in [9.17, 15) is 9.59 Å². The molecule has 0 radical (unpaired) electrons. The number of nitrogens with one attached hydrogen (secondary N) is 1. The van der Waals surface area contributed by atoms with Crippen LogP contribution in [0.4, 0.5) is 11.6 Å². The minimum absolute atomic E-state index is 0.0184. The van der Waals surface area contributed by atoms with Crippen LogP contribution in [0.5, 0.6) is 0 Å². The predicted octanol–water partition coefficient (Wildman–Crippen LogP) is 2.98. The lowest BCUT2D eigenvalue weighted by atomic mass is 9.80. The van der Waals surface area contributed by atoms with Crippen LogP contribution in [-0.4, -0.2) is 39.5 Å². The van der Waals surface area contributed by atoms with Crippen molar-refractivity contribution in [1.82, 2.24) is 15.0 Å². The van der Waals surface area contributed by atoms with Crippen molar-refractivity contribution in [1.29, 1.82) is 0 Å². The van der Waals surface area contributed by atoms with Crippen molar-refractivity contribution in [3.63, 3.8) is 0 Å². The summed E-state index contributed by atoms with van der Waals surface area (Å²) in [5.74, 6) is 0.579. The molecule has 1 amide bonds. The van der Waals surface area contributed by atoms with E-state index in [4.69, 9.17) is 4.74 Å². The molecule has 1 saturated carbocycles. The minimum Gasteiger partial charge on any atom is -0.461 e. The molecule has 0 spiro atoms. The van der Waals surface area contributed by atoms with Crippen LogP contribution in [0.1, 0.15) is 55.7 Å². The average molecular weight is 395 g/mol. The highest BCUT2D eigenvalue weighted by atomic mass is 16.5. The van der Waals surface area contributed by atoms with Crippen molar-refractivity contribution in [3.8, 4) is 0 Å². The molecule has 2 aromatic heterocycles. The number of nitrogens with zero attached hydrogens (tertiary/aromatic N) is 4. The van der Waals surface area contributed by atoms with Gasteiger partial charge in [0, 0.05) is 36.8 Å². The van der Waals surface area contributed by atoms with Crippen LogP contribution in [0.15, 0.2) is 30.7 Å². The number of hydrogen-bond donors (Lipinski definition) is 1. The molecule has 29 heavy (non-hydrogen) atoms. The summed E-state index contributed by atoms with van der Waals surface area (Å²) in [7, 11) is 0. The maximum Gasteiger partial charge on any atom is 0.356 e. The van der Waals surface area contributed by atoms with E-state index in [1.165, 1.54) is 0 Å². The SMILES string of the molecule is CCOC(=O)c1cc2c(cn1)N(C(C)=O)[C@@H](C1CC1)[C@H](C)[C@H]2Nc1ncccn1. The monoisotopic (exact) mass is 395 g/mol. The van der Waals surface area contributed by atoms with E-state index >= 15 is 0 Å². The zero-order chi connectivity index (χ0) is 20.5. The van der Waals surface area contributed by atoms with Gasteiger partial charge in [0.05, 0.1) is 24.5 Å². The van der Waals surface area contributed by atoms with Gasteiger partial charge in [0.1, 0.15) is 5.69 Å². The Morgan fingerprint density at radius 2 is 1.97 bits per heavy atom. The van der Waals surface area contributed by atoms with Crippen LogP contribution >= 0.6 is 0 Å². The Hall–Kier alpha value is -3.03. The van der Waals surface area contributed by atoms with Crippen LogP contribution in [0.2, 0.25) is 0 Å². The molecule has 0 bridgehead atoms. The molecule has 152 valence electrons. The fourth-order valence-corrected chi connectivity index (χ4v) is 4.29. The number of fused-ring (bicyclic) bond motifs is 1. The first kappa shape index (κ1) is 19.3. The van der Waals surface area contributed by atoms with Gasteiger partial charge in [-0.1, -0.05) is 6.92 Å². The molecule has 0 unspecified atom stereocenters. The number of carbonyl (C=O) groups excluding carboxylic acids is 2. The highest BCUT2D eigenvalue weighted by Gasteiger charge is 2.48. The third-order valence-electron chi connectivity index (χ3n) is 5.65. The van der Waals surface area contributed by atoms with E-state index in [0.29, 0.717) is 11.9 Å². The smallest absolute Gasteiger partial charge is 0.356 e. The maximum absolute atomic E-state index is 12.6. The van der Waals surface area contributed by atoms with Crippen molar-refractivity contribution in [2.45, 2.75) is 45.7 Å². The van der Waals surface area contributed by atoms with Gasteiger partial charge in [-0.15, -0.1) is 0 Å². The Labute approximate surface area is 169 Å². The molecule has 2 aromatic rings. The number of amides is 1. The molecule has 8 heteroatoms. The second kappa shape index (κ2) is 7.77. The van der Waals surface area contributed by atoms with Gasteiger partial charge >= 0.3 is 5.97 Å². The molecule has 2 aliphatic rings. The third-order valence-corrected chi connectivity index (χ3v) is 5.65. The van der Waals surface area contributed by atoms with Crippen LogP contribution in [0.25, 0.3) is 0 Å². The van der Waals surface area contributed by atoms with Gasteiger partial charge in [-0.2, -0.15) is 0 Å². The number of pyridine rings is 1. The molecule has 0 aromatic carbocycles. The Morgan fingerprint density at radius 3 is 2.59 bits per heavy atom. The lowest BCUT2D eigenvalue weighted by Crippen LogP contribution is -2.51. The molecule has 3 atom stereocenters. The summed E-state index contributed by atoms with van der Waals surface area (Å²) in [6, 6.07) is 3.39. The van der Waals surface area contributed by atoms with Crippen LogP contribution in [0, 0.1) is 11.8 Å². The Kier molecular flexibility index (Phi) is 5.17.